The van der Waals surface area contributed by atoms with Gasteiger partial charge < -0.3 is 19.3 Å². The average molecular weight is 564 g/mol. The minimum atomic E-state index is -2.35. The Kier molecular flexibility index (Phi) is 7.96. The van der Waals surface area contributed by atoms with E-state index in [0.717, 1.165) is 12.8 Å². The summed E-state index contributed by atoms with van der Waals surface area (Å²) in [4.78, 5) is 38.9. The second kappa shape index (κ2) is 10.6. The summed E-state index contributed by atoms with van der Waals surface area (Å²) in [6, 6.07) is 1.74. The van der Waals surface area contributed by atoms with Crippen LogP contribution in [0.3, 0.4) is 0 Å². The standard InChI is InChI=1S/C30H39F2NO7/c1-6-18(7-2)16-39-26(37)40-30(25(36)38-11-10-33)17(3)12-20-21-14-23(31)22-13-19(34)8-9-27(22,4)29(21,32)24(35)15-28(20,30)5/h8-9,17-18,20-21,24,35H,6-7,11-16H2,1-5H3/t17-,20+,21+,24+,27+,28+,29+,30+/m1/s1. The molecule has 0 aliphatic heterocycles. The summed E-state index contributed by atoms with van der Waals surface area (Å²) in [6.07, 6.45) is 0.563. The lowest BCUT2D eigenvalue weighted by molar-refractivity contribution is -0.228. The molecule has 4 rings (SSSR count). The molecule has 0 heterocycles. The quantitative estimate of drug-likeness (QED) is 0.414. The molecule has 0 saturated heterocycles. The van der Waals surface area contributed by atoms with Crippen LogP contribution in [0.1, 0.15) is 73.1 Å². The smallest absolute Gasteiger partial charge is 0.447 e. The number of aliphatic hydroxyl groups is 1. The highest BCUT2D eigenvalue weighted by molar-refractivity contribution is 5.93. The number of hydrogen-bond donors (Lipinski definition) is 1. The van der Waals surface area contributed by atoms with Gasteiger partial charge in [0, 0.05) is 35.5 Å². The predicted molar refractivity (Wildman–Crippen MR) is 139 cm³/mol. The maximum absolute atomic E-state index is 17.5. The Labute approximate surface area is 233 Å². The number of hydrogen-bond acceptors (Lipinski definition) is 8. The number of allylic oxidation sites excluding steroid dienone is 4. The fourth-order valence-electron chi connectivity index (χ4n) is 8.27. The summed E-state index contributed by atoms with van der Waals surface area (Å²) in [7, 11) is 0. The first-order valence-corrected chi connectivity index (χ1v) is 14.1. The molecule has 0 aromatic rings. The monoisotopic (exact) mass is 563 g/mol. The van der Waals surface area contributed by atoms with Gasteiger partial charge in [-0.3, -0.25) is 4.79 Å². The lowest BCUT2D eigenvalue weighted by Gasteiger charge is -2.62. The summed E-state index contributed by atoms with van der Waals surface area (Å²) < 4.78 is 49.6. The molecule has 0 spiro atoms. The summed E-state index contributed by atoms with van der Waals surface area (Å²) >= 11 is 0. The normalized spacial score (nSPS) is 40.1. The molecule has 1 N–H and O–H groups in total. The van der Waals surface area contributed by atoms with Gasteiger partial charge in [-0.25, -0.2) is 18.4 Å². The Morgan fingerprint density at radius 2 is 1.90 bits per heavy atom. The number of aliphatic hydroxyl groups excluding tert-OH is 1. The maximum Gasteiger partial charge on any atom is 0.509 e. The molecule has 0 bridgehead atoms. The minimum Gasteiger partial charge on any atom is -0.447 e. The van der Waals surface area contributed by atoms with E-state index in [2.05, 4.69) is 0 Å². The van der Waals surface area contributed by atoms with Gasteiger partial charge in [0.05, 0.1) is 12.7 Å². The Morgan fingerprint density at radius 3 is 2.52 bits per heavy atom. The van der Waals surface area contributed by atoms with Crippen LogP contribution in [-0.2, 0) is 23.8 Å². The molecular formula is C30H39F2NO7. The second-order valence-electron chi connectivity index (χ2n) is 12.3. The number of alkyl halides is 1. The van der Waals surface area contributed by atoms with Crippen LogP contribution in [0.15, 0.2) is 23.6 Å². The number of esters is 1. The number of halogens is 2. The van der Waals surface area contributed by atoms with E-state index in [1.807, 2.05) is 13.8 Å². The number of fused-ring (bicyclic) bond motifs is 5. The van der Waals surface area contributed by atoms with Gasteiger partial charge in [-0.1, -0.05) is 46.6 Å². The zero-order valence-electron chi connectivity index (χ0n) is 23.8. The van der Waals surface area contributed by atoms with E-state index in [0.29, 0.717) is 0 Å². The van der Waals surface area contributed by atoms with Gasteiger partial charge in [-0.05, 0) is 43.3 Å². The fourth-order valence-corrected chi connectivity index (χ4v) is 8.27. The van der Waals surface area contributed by atoms with Crippen molar-refractivity contribution in [1.29, 1.82) is 5.26 Å². The molecule has 0 amide bonds. The lowest BCUT2D eigenvalue weighted by Crippen LogP contribution is -2.70. The zero-order chi connectivity index (χ0) is 29.7. The molecule has 10 heteroatoms. The number of carbonyl (C=O) groups is 3. The van der Waals surface area contributed by atoms with Crippen LogP contribution in [0.5, 0.6) is 0 Å². The van der Waals surface area contributed by atoms with E-state index in [1.54, 1.807) is 19.9 Å². The SMILES string of the molecule is CCC(CC)COC(=O)O[C@]1(C(=O)OCC#N)[C@H](C)C[C@H]2[C@@H]3CC(F)=C4CC(=O)C=C[C@]4(C)[C@@]3(F)[C@@H](O)C[C@@]21C. The van der Waals surface area contributed by atoms with Crippen LogP contribution in [0.4, 0.5) is 13.6 Å². The third kappa shape index (κ3) is 4.10. The van der Waals surface area contributed by atoms with Crippen molar-refractivity contribution in [3.05, 3.63) is 23.6 Å². The Morgan fingerprint density at radius 1 is 1.23 bits per heavy atom. The van der Waals surface area contributed by atoms with Gasteiger partial charge in [-0.15, -0.1) is 0 Å². The Balaban J connectivity index is 1.79. The third-order valence-electron chi connectivity index (χ3n) is 10.6. The molecule has 4 aliphatic carbocycles. The maximum atomic E-state index is 17.5. The molecule has 0 unspecified atom stereocenters. The summed E-state index contributed by atoms with van der Waals surface area (Å²) in [6.45, 7) is 8.19. The van der Waals surface area contributed by atoms with Crippen LogP contribution in [-0.4, -0.2) is 53.6 Å². The fraction of sp³-hybridized carbons (Fsp3) is 0.733. The van der Waals surface area contributed by atoms with Gasteiger partial charge in [0.25, 0.3) is 0 Å². The van der Waals surface area contributed by atoms with Crippen LogP contribution in [0.25, 0.3) is 0 Å². The van der Waals surface area contributed by atoms with Crippen molar-refractivity contribution in [3.8, 4) is 6.07 Å². The molecule has 0 aromatic heterocycles. The summed E-state index contributed by atoms with van der Waals surface area (Å²) in [5, 5.41) is 20.6. The molecule has 0 aromatic carbocycles. The van der Waals surface area contributed by atoms with Crippen molar-refractivity contribution < 1.29 is 42.5 Å². The third-order valence-corrected chi connectivity index (χ3v) is 10.6. The Bertz CT molecular complexity index is 1180. The first-order chi connectivity index (χ1) is 18.8. The van der Waals surface area contributed by atoms with Crippen LogP contribution >= 0.6 is 0 Å². The van der Waals surface area contributed by atoms with Crippen LogP contribution < -0.4 is 0 Å². The number of ketones is 1. The van der Waals surface area contributed by atoms with E-state index in [1.165, 1.54) is 19.1 Å². The van der Waals surface area contributed by atoms with Crippen molar-refractivity contribution in [2.45, 2.75) is 90.5 Å². The van der Waals surface area contributed by atoms with Crippen molar-refractivity contribution in [1.82, 2.24) is 0 Å². The number of carbonyl (C=O) groups excluding carboxylic acids is 3. The van der Waals surface area contributed by atoms with Crippen LogP contribution in [0.2, 0.25) is 0 Å². The largest absolute Gasteiger partial charge is 0.509 e. The predicted octanol–water partition coefficient (Wildman–Crippen LogP) is 5.30. The number of ether oxygens (including phenoxy) is 3. The average Bonchev–Trinajstić information content (AvgIpc) is 3.12. The first kappa shape index (κ1) is 30.2. The molecule has 8 atom stereocenters. The van der Waals surface area contributed by atoms with E-state index >= 15 is 8.78 Å². The molecule has 2 fully saturated rings. The Hall–Kier alpha value is -2.80. The first-order valence-electron chi connectivity index (χ1n) is 14.1. The topological polar surface area (TPSA) is 123 Å². The minimum absolute atomic E-state index is 0.0355. The highest BCUT2D eigenvalue weighted by atomic mass is 19.1. The molecule has 2 saturated carbocycles. The van der Waals surface area contributed by atoms with Crippen molar-refractivity contribution in [3.63, 3.8) is 0 Å². The highest BCUT2D eigenvalue weighted by Gasteiger charge is 2.78. The van der Waals surface area contributed by atoms with E-state index < -0.39 is 70.5 Å². The molecular weight excluding hydrogens is 524 g/mol. The molecule has 0 radical (unpaired) electrons. The van der Waals surface area contributed by atoms with E-state index in [-0.39, 0.29) is 49.6 Å². The van der Waals surface area contributed by atoms with Crippen LogP contribution in [0, 0.1) is 45.8 Å². The lowest BCUT2D eigenvalue weighted by atomic mass is 9.45. The van der Waals surface area contributed by atoms with Crippen molar-refractivity contribution in [2.75, 3.05) is 13.2 Å². The van der Waals surface area contributed by atoms with Gasteiger partial charge >= 0.3 is 12.1 Å². The van der Waals surface area contributed by atoms with Crippen molar-refractivity contribution >= 4 is 17.9 Å². The molecule has 220 valence electrons. The van der Waals surface area contributed by atoms with Gasteiger partial charge in [-0.2, -0.15) is 5.26 Å². The van der Waals surface area contributed by atoms with Gasteiger partial charge in [0.15, 0.2) is 18.1 Å². The molecule has 40 heavy (non-hydrogen) atoms. The van der Waals surface area contributed by atoms with Gasteiger partial charge in [0.1, 0.15) is 11.9 Å². The summed E-state index contributed by atoms with van der Waals surface area (Å²) in [5.41, 5.74) is -7.27. The van der Waals surface area contributed by atoms with Crippen molar-refractivity contribution in [2.24, 2.45) is 34.5 Å². The zero-order valence-corrected chi connectivity index (χ0v) is 23.8. The number of nitriles is 1. The van der Waals surface area contributed by atoms with E-state index in [4.69, 9.17) is 19.5 Å². The number of rotatable bonds is 7. The van der Waals surface area contributed by atoms with Gasteiger partial charge in [0.2, 0.25) is 5.60 Å². The highest BCUT2D eigenvalue weighted by Crippen LogP contribution is 2.71. The molecule has 4 aliphatic rings. The molecule has 8 nitrogen and oxygen atoms in total. The van der Waals surface area contributed by atoms with E-state index in [9.17, 15) is 19.5 Å². The second-order valence-corrected chi connectivity index (χ2v) is 12.3. The number of nitrogens with zero attached hydrogens (tertiary/aromatic N) is 1. The summed E-state index contributed by atoms with van der Waals surface area (Å²) in [5.74, 6) is -4.37.